The third-order valence-electron chi connectivity index (χ3n) is 9.07. The number of aromatic amines is 1. The standard InChI is InChI=1S/C31H39F3N6O2/c1-18(2)39(11-4-3-5-27-37-23-9-8-21(31(32,33)34)15-25(23)38-27)16-20-14-26(29(42)28(20)41)40-12-10-22-24(13-19-6-7-19)35-17-36-30(22)40/h8-10,12,15,17-20,26,28-29,41-42H,3-7,11,13-14,16H2,1-2H3,(H,37,38)/t20-,26-,28-,29+/m1/s1. The van der Waals surface area contributed by atoms with E-state index in [1.165, 1.54) is 18.9 Å². The predicted molar refractivity (Wildman–Crippen MR) is 154 cm³/mol. The first-order valence-electron chi connectivity index (χ1n) is 15.0. The number of rotatable bonds is 11. The van der Waals surface area contributed by atoms with E-state index < -0.39 is 23.9 Å². The van der Waals surface area contributed by atoms with Gasteiger partial charge in [0, 0.05) is 36.5 Å². The Morgan fingerprint density at radius 3 is 2.64 bits per heavy atom. The van der Waals surface area contributed by atoms with Crippen LogP contribution in [0.25, 0.3) is 22.1 Å². The van der Waals surface area contributed by atoms with Crippen LogP contribution >= 0.6 is 0 Å². The molecule has 0 radical (unpaired) electrons. The molecule has 2 saturated carbocycles. The van der Waals surface area contributed by atoms with Crippen molar-refractivity contribution in [2.45, 2.75) is 89.3 Å². The maximum Gasteiger partial charge on any atom is 0.416 e. The summed E-state index contributed by atoms with van der Waals surface area (Å²) in [5, 5.41) is 23.2. The summed E-state index contributed by atoms with van der Waals surface area (Å²) in [4.78, 5) is 18.9. The lowest BCUT2D eigenvalue weighted by atomic mass is 10.0. The lowest BCUT2D eigenvalue weighted by molar-refractivity contribution is -0.137. The fraction of sp³-hybridized carbons (Fsp3) is 0.581. The number of halogens is 3. The van der Waals surface area contributed by atoms with Crippen LogP contribution in [0.5, 0.6) is 0 Å². The van der Waals surface area contributed by atoms with Crippen molar-refractivity contribution in [2.75, 3.05) is 13.1 Å². The van der Waals surface area contributed by atoms with Crippen LogP contribution in [-0.4, -0.2) is 71.0 Å². The van der Waals surface area contributed by atoms with E-state index in [-0.39, 0.29) is 18.0 Å². The third-order valence-corrected chi connectivity index (χ3v) is 9.07. The van der Waals surface area contributed by atoms with Crippen molar-refractivity contribution < 1.29 is 23.4 Å². The fourth-order valence-corrected chi connectivity index (χ4v) is 6.43. The van der Waals surface area contributed by atoms with Crippen LogP contribution in [0.4, 0.5) is 13.2 Å². The van der Waals surface area contributed by atoms with Crippen LogP contribution < -0.4 is 0 Å². The van der Waals surface area contributed by atoms with E-state index in [2.05, 4.69) is 38.7 Å². The second-order valence-corrected chi connectivity index (χ2v) is 12.4. The molecule has 0 saturated heterocycles. The second-order valence-electron chi connectivity index (χ2n) is 12.4. The van der Waals surface area contributed by atoms with E-state index >= 15 is 0 Å². The van der Waals surface area contributed by atoms with Gasteiger partial charge in [0.1, 0.15) is 23.9 Å². The van der Waals surface area contributed by atoms with Crippen molar-refractivity contribution in [3.63, 3.8) is 0 Å². The SMILES string of the molecule is CC(C)N(CCCCc1nc2ccc(C(F)(F)F)cc2[nH]1)C[C@H]1C[C@@H](n2ccc3c(CC4CC4)ncnc32)[C@H](O)[C@@H]1O. The molecular formula is C31H39F3N6O2. The number of hydrogen-bond donors (Lipinski definition) is 3. The Hall–Kier alpha value is -3.02. The lowest BCUT2D eigenvalue weighted by Crippen LogP contribution is -2.40. The molecule has 1 aromatic carbocycles. The zero-order chi connectivity index (χ0) is 29.6. The van der Waals surface area contributed by atoms with Gasteiger partial charge in [-0.1, -0.05) is 0 Å². The molecule has 3 N–H and O–H groups in total. The van der Waals surface area contributed by atoms with Gasteiger partial charge < -0.3 is 24.7 Å². The molecule has 0 spiro atoms. The van der Waals surface area contributed by atoms with Crippen LogP contribution in [0.2, 0.25) is 0 Å². The summed E-state index contributed by atoms with van der Waals surface area (Å²) in [6.45, 7) is 5.73. The molecule has 0 amide bonds. The van der Waals surface area contributed by atoms with Crippen molar-refractivity contribution in [1.82, 2.24) is 29.4 Å². The van der Waals surface area contributed by atoms with Crippen LogP contribution in [0, 0.1) is 11.8 Å². The highest BCUT2D eigenvalue weighted by atomic mass is 19.4. The summed E-state index contributed by atoms with van der Waals surface area (Å²) in [7, 11) is 0. The maximum absolute atomic E-state index is 13.0. The molecule has 0 unspecified atom stereocenters. The number of benzene rings is 1. The summed E-state index contributed by atoms with van der Waals surface area (Å²) in [6.07, 6.45) is 3.93. The Morgan fingerprint density at radius 1 is 1.10 bits per heavy atom. The third kappa shape index (κ3) is 6.05. The van der Waals surface area contributed by atoms with Gasteiger partial charge in [0.15, 0.2) is 0 Å². The average Bonchev–Trinajstić information content (AvgIpc) is 3.39. The number of aliphatic hydroxyl groups is 2. The number of H-pyrrole nitrogens is 1. The molecule has 0 aliphatic heterocycles. The van der Waals surface area contributed by atoms with E-state index in [9.17, 15) is 23.4 Å². The van der Waals surface area contributed by atoms with E-state index in [0.29, 0.717) is 42.2 Å². The molecular weight excluding hydrogens is 545 g/mol. The molecule has 8 nitrogen and oxygen atoms in total. The molecule has 3 aromatic heterocycles. The van der Waals surface area contributed by atoms with E-state index in [4.69, 9.17) is 0 Å². The van der Waals surface area contributed by atoms with Gasteiger partial charge in [0.2, 0.25) is 0 Å². The average molecular weight is 585 g/mol. The van der Waals surface area contributed by atoms with Gasteiger partial charge in [-0.25, -0.2) is 15.0 Å². The monoisotopic (exact) mass is 584 g/mol. The summed E-state index contributed by atoms with van der Waals surface area (Å²) < 4.78 is 41.1. The maximum atomic E-state index is 13.0. The van der Waals surface area contributed by atoms with Crippen LogP contribution in [0.3, 0.4) is 0 Å². The zero-order valence-corrected chi connectivity index (χ0v) is 24.1. The molecule has 11 heteroatoms. The summed E-state index contributed by atoms with van der Waals surface area (Å²) >= 11 is 0. The molecule has 226 valence electrons. The van der Waals surface area contributed by atoms with E-state index in [1.807, 2.05) is 16.8 Å². The van der Waals surface area contributed by atoms with Gasteiger partial charge in [-0.2, -0.15) is 13.2 Å². The number of aryl methyl sites for hydroxylation is 1. The van der Waals surface area contributed by atoms with Crippen LogP contribution in [-0.2, 0) is 19.0 Å². The first-order chi connectivity index (χ1) is 20.1. The molecule has 2 aliphatic carbocycles. The topological polar surface area (TPSA) is 103 Å². The van der Waals surface area contributed by atoms with Crippen molar-refractivity contribution in [1.29, 1.82) is 0 Å². The van der Waals surface area contributed by atoms with Crippen molar-refractivity contribution in [3.05, 3.63) is 53.9 Å². The quantitative estimate of drug-likeness (QED) is 0.207. The minimum atomic E-state index is -4.38. The summed E-state index contributed by atoms with van der Waals surface area (Å²) in [5.74, 6) is 1.30. The Kier molecular flexibility index (Phi) is 8.01. The number of unbranched alkanes of at least 4 members (excludes halogenated alkanes) is 1. The lowest BCUT2D eigenvalue weighted by Gasteiger charge is -2.30. The van der Waals surface area contributed by atoms with Gasteiger partial charge in [-0.3, -0.25) is 0 Å². The largest absolute Gasteiger partial charge is 0.416 e. The Morgan fingerprint density at radius 2 is 1.90 bits per heavy atom. The summed E-state index contributed by atoms with van der Waals surface area (Å²) in [6, 6.07) is 5.61. The highest BCUT2D eigenvalue weighted by Crippen LogP contribution is 2.39. The highest BCUT2D eigenvalue weighted by Gasteiger charge is 2.43. The first-order valence-corrected chi connectivity index (χ1v) is 15.0. The fourth-order valence-electron chi connectivity index (χ4n) is 6.43. The first kappa shape index (κ1) is 29.1. The van der Waals surface area contributed by atoms with Crippen molar-refractivity contribution >= 4 is 22.1 Å². The Bertz CT molecular complexity index is 1530. The number of aliphatic hydroxyl groups excluding tert-OH is 2. The van der Waals surface area contributed by atoms with Crippen LogP contribution in [0.1, 0.15) is 69.1 Å². The van der Waals surface area contributed by atoms with Gasteiger partial charge in [0.05, 0.1) is 34.4 Å². The van der Waals surface area contributed by atoms with Gasteiger partial charge in [0.25, 0.3) is 0 Å². The Balaban J connectivity index is 1.06. The second kappa shape index (κ2) is 11.6. The van der Waals surface area contributed by atoms with Gasteiger partial charge >= 0.3 is 6.18 Å². The molecule has 2 fully saturated rings. The Labute approximate surface area is 243 Å². The van der Waals surface area contributed by atoms with Crippen molar-refractivity contribution in [3.8, 4) is 0 Å². The number of aromatic nitrogens is 5. The number of imidazole rings is 1. The van der Waals surface area contributed by atoms with E-state index in [1.54, 1.807) is 6.33 Å². The minimum Gasteiger partial charge on any atom is -0.390 e. The van der Waals surface area contributed by atoms with Gasteiger partial charge in [-0.15, -0.1) is 0 Å². The molecule has 42 heavy (non-hydrogen) atoms. The number of nitrogens with one attached hydrogen (secondary N) is 1. The predicted octanol–water partition coefficient (Wildman–Crippen LogP) is 5.30. The number of nitrogens with zero attached hydrogens (tertiary/aromatic N) is 5. The number of hydrogen-bond acceptors (Lipinski definition) is 6. The molecule has 4 atom stereocenters. The zero-order valence-electron chi connectivity index (χ0n) is 24.1. The highest BCUT2D eigenvalue weighted by molar-refractivity contribution is 5.79. The number of alkyl halides is 3. The van der Waals surface area contributed by atoms with Gasteiger partial charge in [-0.05, 0) is 89.1 Å². The molecule has 2 aliphatic rings. The van der Waals surface area contributed by atoms with E-state index in [0.717, 1.165) is 54.7 Å². The van der Waals surface area contributed by atoms with Crippen molar-refractivity contribution in [2.24, 2.45) is 11.8 Å². The smallest absolute Gasteiger partial charge is 0.390 e. The molecule has 3 heterocycles. The molecule has 6 rings (SSSR count). The summed E-state index contributed by atoms with van der Waals surface area (Å²) in [5.41, 5.74) is 2.12. The number of fused-ring (bicyclic) bond motifs is 2. The van der Waals surface area contributed by atoms with Crippen LogP contribution in [0.15, 0.2) is 36.8 Å². The molecule has 4 aromatic rings. The normalized spacial score (nSPS) is 23.3. The minimum absolute atomic E-state index is 0.0872. The molecule has 0 bridgehead atoms.